The van der Waals surface area contributed by atoms with Crippen LogP contribution in [0.25, 0.3) is 125 Å². The van der Waals surface area contributed by atoms with Crippen LogP contribution < -0.4 is 0 Å². The molecule has 0 bridgehead atoms. The summed E-state index contributed by atoms with van der Waals surface area (Å²) in [6.45, 7) is 0. The molecule has 0 spiro atoms. The summed E-state index contributed by atoms with van der Waals surface area (Å²) in [4.78, 5) is 10.8. The van der Waals surface area contributed by atoms with Crippen molar-refractivity contribution in [2.24, 2.45) is 0 Å². The van der Waals surface area contributed by atoms with Crippen LogP contribution in [0.4, 0.5) is 0 Å². The molecule has 4 aromatic heterocycles. The van der Waals surface area contributed by atoms with Crippen molar-refractivity contribution in [1.82, 2.24) is 14.5 Å². The van der Waals surface area contributed by atoms with Crippen molar-refractivity contribution in [3.05, 3.63) is 188 Å². The molecule has 0 saturated carbocycles. The van der Waals surface area contributed by atoms with Gasteiger partial charge in [-0.05, 0) is 53.2 Å². The minimum Gasteiger partial charge on any atom is -0.455 e. The Kier molecular flexibility index (Phi) is 6.85. The molecule has 4 heterocycles. The maximum Gasteiger partial charge on any atom is 0.161 e. The van der Waals surface area contributed by atoms with E-state index in [0.717, 1.165) is 72.0 Å². The molecule has 0 unspecified atom stereocenters. The van der Waals surface area contributed by atoms with Crippen LogP contribution in [0.1, 0.15) is 0 Å². The number of hydrogen-bond acceptors (Lipinski definition) is 4. The molecule has 0 saturated heterocycles. The number of furan rings is 1. The lowest BCUT2D eigenvalue weighted by Gasteiger charge is -2.16. The standard InChI is InChI=1S/C54H31N3OS/c1-2-14-33(15-3-1)43-31-44(35-26-25-32-13-4-5-16-34(32)29-35)56-54(55-43)41-21-12-20-39-46(30-42-37-18-7-10-23-47(37)58-53(42)50(39)41)57-45-22-9-6-17-36(45)38-27-28-49-51(52(38)57)40-19-8-11-24-48(40)59-49/h1-31H. The van der Waals surface area contributed by atoms with Crippen molar-refractivity contribution in [2.75, 3.05) is 0 Å². The van der Waals surface area contributed by atoms with Gasteiger partial charge >= 0.3 is 0 Å². The van der Waals surface area contributed by atoms with E-state index in [1.807, 2.05) is 23.5 Å². The second-order valence-electron chi connectivity index (χ2n) is 15.3. The van der Waals surface area contributed by atoms with E-state index in [1.165, 1.54) is 47.2 Å². The Hall–Kier alpha value is -7.60. The van der Waals surface area contributed by atoms with Gasteiger partial charge in [0.2, 0.25) is 0 Å². The summed E-state index contributed by atoms with van der Waals surface area (Å²) >= 11 is 1.85. The summed E-state index contributed by atoms with van der Waals surface area (Å²) in [6.07, 6.45) is 0. The smallest absolute Gasteiger partial charge is 0.161 e. The molecule has 0 aliphatic rings. The molecule has 274 valence electrons. The van der Waals surface area contributed by atoms with Gasteiger partial charge in [0.05, 0.1) is 28.1 Å². The van der Waals surface area contributed by atoms with E-state index in [-0.39, 0.29) is 0 Å². The third-order valence-corrected chi connectivity index (χ3v) is 13.1. The fraction of sp³-hybridized carbons (Fsp3) is 0. The van der Waals surface area contributed by atoms with Crippen molar-refractivity contribution >= 4 is 96.8 Å². The summed E-state index contributed by atoms with van der Waals surface area (Å²) in [5.41, 5.74) is 9.84. The largest absolute Gasteiger partial charge is 0.455 e. The lowest BCUT2D eigenvalue weighted by molar-refractivity contribution is 0.672. The molecular formula is C54H31N3OS. The molecule has 0 aliphatic carbocycles. The second-order valence-corrected chi connectivity index (χ2v) is 16.4. The van der Waals surface area contributed by atoms with E-state index in [1.54, 1.807) is 0 Å². The summed E-state index contributed by atoms with van der Waals surface area (Å²) in [6, 6.07) is 67.0. The van der Waals surface area contributed by atoms with Crippen molar-refractivity contribution in [3.8, 4) is 39.6 Å². The number of benzene rings is 9. The molecule has 9 aromatic carbocycles. The summed E-state index contributed by atoms with van der Waals surface area (Å²) in [7, 11) is 0. The van der Waals surface area contributed by atoms with Gasteiger partial charge in [0.15, 0.2) is 5.82 Å². The molecule has 59 heavy (non-hydrogen) atoms. The average Bonchev–Trinajstić information content (AvgIpc) is 3.98. The van der Waals surface area contributed by atoms with Crippen molar-refractivity contribution in [1.29, 1.82) is 0 Å². The zero-order chi connectivity index (χ0) is 38.6. The molecular weight excluding hydrogens is 739 g/mol. The Morgan fingerprint density at radius 3 is 2.07 bits per heavy atom. The number of thiophene rings is 1. The Bertz CT molecular complexity index is 3860. The molecule has 0 amide bonds. The van der Waals surface area contributed by atoms with Gasteiger partial charge in [-0.3, -0.25) is 0 Å². The fourth-order valence-corrected chi connectivity index (χ4v) is 10.4. The Morgan fingerprint density at radius 1 is 0.441 bits per heavy atom. The number of rotatable bonds is 4. The second kappa shape index (κ2) is 12.4. The third-order valence-electron chi connectivity index (χ3n) is 12.0. The Morgan fingerprint density at radius 2 is 1.17 bits per heavy atom. The lowest BCUT2D eigenvalue weighted by atomic mass is 9.98. The topological polar surface area (TPSA) is 43.9 Å². The minimum absolute atomic E-state index is 0.646. The normalized spacial score (nSPS) is 12.1. The minimum atomic E-state index is 0.646. The van der Waals surface area contributed by atoms with Gasteiger partial charge in [-0.1, -0.05) is 146 Å². The predicted molar refractivity (Wildman–Crippen MR) is 248 cm³/mol. The Labute approximate surface area is 341 Å². The number of fused-ring (bicyclic) bond motifs is 13. The quantitative estimate of drug-likeness (QED) is 0.179. The van der Waals surface area contributed by atoms with E-state index in [9.17, 15) is 0 Å². The number of aromatic nitrogens is 3. The van der Waals surface area contributed by atoms with E-state index in [2.05, 4.69) is 180 Å². The molecule has 13 rings (SSSR count). The lowest BCUT2D eigenvalue weighted by Crippen LogP contribution is -1.99. The van der Waals surface area contributed by atoms with Gasteiger partial charge in [0, 0.05) is 69.2 Å². The van der Waals surface area contributed by atoms with Gasteiger partial charge in [-0.2, -0.15) is 0 Å². The first-order valence-corrected chi connectivity index (χ1v) is 20.7. The fourth-order valence-electron chi connectivity index (χ4n) is 9.33. The van der Waals surface area contributed by atoms with Crippen LogP contribution in [0.3, 0.4) is 0 Å². The highest BCUT2D eigenvalue weighted by atomic mass is 32.1. The summed E-state index contributed by atoms with van der Waals surface area (Å²) < 4.78 is 12.0. The monoisotopic (exact) mass is 769 g/mol. The first-order chi connectivity index (χ1) is 29.2. The molecule has 0 radical (unpaired) electrons. The number of para-hydroxylation sites is 2. The summed E-state index contributed by atoms with van der Waals surface area (Å²) in [5.74, 6) is 0.646. The Balaban J connectivity index is 1.18. The SMILES string of the molecule is c1ccc(-c2cc(-c3ccc4ccccc4c3)nc(-c3cccc4c(-n5c6ccccc6c6ccc7sc8ccccc8c7c65)cc5c6ccccc6oc5c34)n2)cc1. The zero-order valence-electron chi connectivity index (χ0n) is 31.6. The van der Waals surface area contributed by atoms with Gasteiger partial charge in [0.25, 0.3) is 0 Å². The van der Waals surface area contributed by atoms with E-state index in [0.29, 0.717) is 5.82 Å². The van der Waals surface area contributed by atoms with Gasteiger partial charge in [-0.25, -0.2) is 9.97 Å². The molecule has 0 N–H and O–H groups in total. The maximum absolute atomic E-state index is 6.91. The molecule has 0 aliphatic heterocycles. The molecule has 13 aromatic rings. The van der Waals surface area contributed by atoms with Crippen LogP contribution in [0, 0.1) is 0 Å². The maximum atomic E-state index is 6.91. The van der Waals surface area contributed by atoms with Gasteiger partial charge in [0.1, 0.15) is 11.2 Å². The van der Waals surface area contributed by atoms with Gasteiger partial charge in [-0.15, -0.1) is 11.3 Å². The van der Waals surface area contributed by atoms with Crippen LogP contribution in [-0.2, 0) is 0 Å². The van der Waals surface area contributed by atoms with E-state index >= 15 is 0 Å². The highest BCUT2D eigenvalue weighted by Crippen LogP contribution is 2.47. The molecule has 4 nitrogen and oxygen atoms in total. The zero-order valence-corrected chi connectivity index (χ0v) is 32.4. The third kappa shape index (κ3) is 4.83. The van der Waals surface area contributed by atoms with E-state index in [4.69, 9.17) is 14.4 Å². The summed E-state index contributed by atoms with van der Waals surface area (Å²) in [5, 5.41) is 11.5. The van der Waals surface area contributed by atoms with Crippen LogP contribution in [0.2, 0.25) is 0 Å². The number of nitrogens with zero attached hydrogens (tertiary/aromatic N) is 3. The first kappa shape index (κ1) is 32.5. The van der Waals surface area contributed by atoms with Crippen LogP contribution in [0.5, 0.6) is 0 Å². The highest BCUT2D eigenvalue weighted by molar-refractivity contribution is 7.26. The van der Waals surface area contributed by atoms with Crippen LogP contribution in [-0.4, -0.2) is 14.5 Å². The van der Waals surface area contributed by atoms with Crippen LogP contribution >= 0.6 is 11.3 Å². The first-order valence-electron chi connectivity index (χ1n) is 19.9. The van der Waals surface area contributed by atoms with Crippen molar-refractivity contribution in [2.45, 2.75) is 0 Å². The van der Waals surface area contributed by atoms with Crippen molar-refractivity contribution in [3.63, 3.8) is 0 Å². The highest BCUT2D eigenvalue weighted by Gasteiger charge is 2.24. The predicted octanol–water partition coefficient (Wildman–Crippen LogP) is 15.1. The van der Waals surface area contributed by atoms with Gasteiger partial charge < -0.3 is 8.98 Å². The molecule has 0 fully saturated rings. The van der Waals surface area contributed by atoms with Crippen LogP contribution in [0.15, 0.2) is 192 Å². The van der Waals surface area contributed by atoms with Crippen molar-refractivity contribution < 1.29 is 4.42 Å². The van der Waals surface area contributed by atoms with E-state index < -0.39 is 0 Å². The molecule has 5 heteroatoms. The average molecular weight is 770 g/mol. The molecule has 0 atom stereocenters. The number of hydrogen-bond donors (Lipinski definition) is 0.